The van der Waals surface area contributed by atoms with Crippen LogP contribution in [0, 0.1) is 11.8 Å². The zero-order valence-corrected chi connectivity index (χ0v) is 20.3. The maximum absolute atomic E-state index is 13.2. The van der Waals surface area contributed by atoms with Gasteiger partial charge in [0.05, 0.1) is 18.1 Å². The molecule has 15 heteroatoms. The molecule has 3 amide bonds. The molecule has 198 valence electrons. The van der Waals surface area contributed by atoms with E-state index in [1.165, 1.54) is 6.92 Å². The maximum Gasteiger partial charge on any atom is 0.322 e. The summed E-state index contributed by atoms with van der Waals surface area (Å²) in [6.45, 7) is 3.78. The highest BCUT2D eigenvalue weighted by Gasteiger charge is 2.60. The van der Waals surface area contributed by atoms with E-state index in [1.54, 1.807) is 13.8 Å². The van der Waals surface area contributed by atoms with Crippen molar-refractivity contribution >= 4 is 46.5 Å². The fourth-order valence-electron chi connectivity index (χ4n) is 3.42. The van der Waals surface area contributed by atoms with E-state index in [0.717, 1.165) is 0 Å². The Kier molecular flexibility index (Phi) is 11.1. The van der Waals surface area contributed by atoms with Gasteiger partial charge >= 0.3 is 11.9 Å². The average molecular weight is 521 g/mol. The van der Waals surface area contributed by atoms with Gasteiger partial charge < -0.3 is 42.1 Å². The Balaban J connectivity index is 3.04. The van der Waals surface area contributed by atoms with Crippen LogP contribution in [-0.4, -0.2) is 97.3 Å². The number of carbonyl (C=O) groups excluding carboxylic acids is 4. The number of nitrogens with one attached hydrogen (secondary N) is 3. The fourth-order valence-corrected chi connectivity index (χ4v) is 4.50. The van der Waals surface area contributed by atoms with Gasteiger partial charge in [-0.25, -0.2) is 0 Å². The van der Waals surface area contributed by atoms with Gasteiger partial charge in [0.25, 0.3) is 0 Å². The molecule has 1 saturated heterocycles. The molecular weight excluding hydrogens is 488 g/mol. The van der Waals surface area contributed by atoms with Crippen molar-refractivity contribution in [2.24, 2.45) is 17.6 Å². The lowest BCUT2D eigenvalue weighted by atomic mass is 9.81. The molecule has 0 aliphatic carbocycles. The average Bonchev–Trinajstić information content (AvgIpc) is 3.02. The van der Waals surface area contributed by atoms with Gasteiger partial charge in [-0.2, -0.15) is 0 Å². The molecular formula is C20H32N4O10S. The van der Waals surface area contributed by atoms with Gasteiger partial charge in [0, 0.05) is 12.2 Å². The summed E-state index contributed by atoms with van der Waals surface area (Å²) in [5.74, 6) is -7.03. The first-order valence-corrected chi connectivity index (χ1v) is 11.8. The molecule has 35 heavy (non-hydrogen) atoms. The quantitative estimate of drug-likeness (QED) is 0.121. The number of hydrogen-bond acceptors (Lipinski definition) is 10. The lowest BCUT2D eigenvalue weighted by Crippen LogP contribution is -2.64. The topological polar surface area (TPSA) is 245 Å². The normalized spacial score (nSPS) is 24.3. The highest BCUT2D eigenvalue weighted by Crippen LogP contribution is 2.36. The highest BCUT2D eigenvalue weighted by molar-refractivity contribution is 8.13. The molecule has 3 unspecified atom stereocenters. The molecule has 1 rings (SSSR count). The summed E-state index contributed by atoms with van der Waals surface area (Å²) >= 11 is 0.453. The van der Waals surface area contributed by atoms with Crippen molar-refractivity contribution in [3.05, 3.63) is 0 Å². The Hall–Kier alpha value is -2.75. The Morgan fingerprint density at radius 3 is 2.26 bits per heavy atom. The summed E-state index contributed by atoms with van der Waals surface area (Å²) in [5, 5.41) is 44.8. The minimum Gasteiger partial charge on any atom is -0.480 e. The third kappa shape index (κ3) is 7.62. The van der Waals surface area contributed by atoms with E-state index in [-0.39, 0.29) is 12.8 Å². The number of carbonyl (C=O) groups is 6. The largest absolute Gasteiger partial charge is 0.480 e. The number of thioether (sulfide) groups is 1. The predicted octanol–water partition coefficient (Wildman–Crippen LogP) is -2.99. The lowest BCUT2D eigenvalue weighted by molar-refractivity contribution is -0.139. The standard InChI is InChI=1S/C20H32N4O10S/c1-8(2)14(28)20(15(29)9(3)16(30)24-20)19(34)35-7-11(17(31)22-6-13(26)27)23-12(25)5-4-10(21)18(32)33/h8-11,14-15,28-29H,4-7,21H2,1-3H3,(H,22,31)(H,23,25)(H,24,30)(H,26,27)(H,32,33)/t9-,10?,11?,14?,15+,20-/m1/s1. The van der Waals surface area contributed by atoms with Crippen LogP contribution in [0.15, 0.2) is 0 Å². The monoisotopic (exact) mass is 520 g/mol. The van der Waals surface area contributed by atoms with Crippen molar-refractivity contribution in [1.29, 1.82) is 0 Å². The second kappa shape index (κ2) is 12.8. The number of hydrogen-bond donors (Lipinski definition) is 8. The molecule has 0 aromatic rings. The molecule has 1 aliphatic heterocycles. The summed E-state index contributed by atoms with van der Waals surface area (Å²) in [5.41, 5.74) is 3.29. The van der Waals surface area contributed by atoms with Gasteiger partial charge in [-0.05, 0) is 12.3 Å². The first-order chi connectivity index (χ1) is 16.1. The molecule has 0 spiro atoms. The smallest absolute Gasteiger partial charge is 0.322 e. The second-order valence-corrected chi connectivity index (χ2v) is 9.59. The summed E-state index contributed by atoms with van der Waals surface area (Å²) in [6, 6.07) is -2.75. The first-order valence-electron chi connectivity index (χ1n) is 10.8. The SMILES string of the molecule is CC(C)C(O)[C@@]1(C(=O)SCC(NC(=O)CCC(N)C(=O)O)C(=O)NCC(=O)O)NC(=O)[C@H](C)[C@@H]1O. The molecule has 0 bridgehead atoms. The summed E-state index contributed by atoms with van der Waals surface area (Å²) in [4.78, 5) is 71.6. The third-order valence-electron chi connectivity index (χ3n) is 5.57. The van der Waals surface area contributed by atoms with Crippen LogP contribution in [0.25, 0.3) is 0 Å². The van der Waals surface area contributed by atoms with Gasteiger partial charge in [0.2, 0.25) is 22.8 Å². The number of aliphatic carboxylic acids is 2. The Labute approximate surface area is 205 Å². The van der Waals surface area contributed by atoms with E-state index < -0.39 is 88.7 Å². The molecule has 6 atom stereocenters. The number of carboxylic acids is 2. The Morgan fingerprint density at radius 1 is 1.20 bits per heavy atom. The van der Waals surface area contributed by atoms with Crippen LogP contribution >= 0.6 is 11.8 Å². The number of carboxylic acid groups (broad SMARTS) is 2. The second-order valence-electron chi connectivity index (χ2n) is 8.59. The highest BCUT2D eigenvalue weighted by atomic mass is 32.2. The van der Waals surface area contributed by atoms with Crippen molar-refractivity contribution in [2.75, 3.05) is 12.3 Å². The van der Waals surface area contributed by atoms with E-state index in [1.807, 2.05) is 0 Å². The van der Waals surface area contributed by atoms with E-state index in [4.69, 9.17) is 15.9 Å². The van der Waals surface area contributed by atoms with E-state index in [2.05, 4.69) is 16.0 Å². The summed E-state index contributed by atoms with van der Waals surface area (Å²) in [6.07, 6.45) is -3.65. The van der Waals surface area contributed by atoms with Gasteiger partial charge in [-0.15, -0.1) is 0 Å². The van der Waals surface area contributed by atoms with Crippen LogP contribution in [0.3, 0.4) is 0 Å². The molecule has 0 saturated carbocycles. The molecule has 0 aromatic heterocycles. The number of amides is 3. The number of aliphatic hydroxyl groups excluding tert-OH is 2. The summed E-state index contributed by atoms with van der Waals surface area (Å²) < 4.78 is 0. The molecule has 14 nitrogen and oxygen atoms in total. The molecule has 0 aromatic carbocycles. The summed E-state index contributed by atoms with van der Waals surface area (Å²) in [7, 11) is 0. The zero-order valence-electron chi connectivity index (χ0n) is 19.5. The van der Waals surface area contributed by atoms with Crippen molar-refractivity contribution in [1.82, 2.24) is 16.0 Å². The van der Waals surface area contributed by atoms with Gasteiger partial charge in [-0.3, -0.25) is 28.8 Å². The van der Waals surface area contributed by atoms with Crippen LogP contribution in [0.2, 0.25) is 0 Å². The minimum absolute atomic E-state index is 0.240. The van der Waals surface area contributed by atoms with Crippen LogP contribution < -0.4 is 21.7 Å². The first kappa shape index (κ1) is 30.3. The molecule has 0 radical (unpaired) electrons. The van der Waals surface area contributed by atoms with Crippen LogP contribution in [0.1, 0.15) is 33.6 Å². The van der Waals surface area contributed by atoms with E-state index >= 15 is 0 Å². The third-order valence-corrected chi connectivity index (χ3v) is 6.67. The maximum atomic E-state index is 13.2. The van der Waals surface area contributed by atoms with Crippen molar-refractivity contribution in [2.45, 2.75) is 63.4 Å². The molecule has 9 N–H and O–H groups in total. The predicted molar refractivity (Wildman–Crippen MR) is 122 cm³/mol. The Morgan fingerprint density at radius 2 is 1.80 bits per heavy atom. The van der Waals surface area contributed by atoms with Gasteiger partial charge in [-0.1, -0.05) is 32.5 Å². The van der Waals surface area contributed by atoms with Crippen molar-refractivity contribution in [3.63, 3.8) is 0 Å². The molecule has 1 fully saturated rings. The number of nitrogens with two attached hydrogens (primary N) is 1. The Bertz CT molecular complexity index is 854. The van der Waals surface area contributed by atoms with Crippen molar-refractivity contribution in [3.8, 4) is 0 Å². The fraction of sp³-hybridized carbons (Fsp3) is 0.700. The van der Waals surface area contributed by atoms with E-state index in [0.29, 0.717) is 11.8 Å². The number of aliphatic hydroxyl groups is 2. The van der Waals surface area contributed by atoms with E-state index in [9.17, 15) is 39.0 Å². The molecule has 1 aliphatic rings. The van der Waals surface area contributed by atoms with Gasteiger partial charge in [0.15, 0.2) is 5.54 Å². The number of rotatable bonds is 13. The van der Waals surface area contributed by atoms with Crippen LogP contribution in [0.5, 0.6) is 0 Å². The lowest BCUT2D eigenvalue weighted by Gasteiger charge is -2.37. The zero-order chi connectivity index (χ0) is 27.1. The van der Waals surface area contributed by atoms with Gasteiger partial charge in [0.1, 0.15) is 18.6 Å². The van der Waals surface area contributed by atoms with Crippen molar-refractivity contribution < 1.29 is 49.2 Å². The minimum atomic E-state index is -2.06. The van der Waals surface area contributed by atoms with Crippen LogP contribution in [0.4, 0.5) is 0 Å². The van der Waals surface area contributed by atoms with Crippen LogP contribution in [-0.2, 0) is 28.8 Å². The molecule has 1 heterocycles.